The maximum absolute atomic E-state index is 11.6. The lowest BCUT2D eigenvalue weighted by Gasteiger charge is -2.40. The molecule has 0 saturated carbocycles. The van der Waals surface area contributed by atoms with Crippen molar-refractivity contribution in [1.82, 2.24) is 4.90 Å². The van der Waals surface area contributed by atoms with Gasteiger partial charge >= 0.3 is 5.97 Å². The quantitative estimate of drug-likeness (QED) is 0.690. The van der Waals surface area contributed by atoms with E-state index in [2.05, 4.69) is 25.7 Å². The molecule has 0 aromatic heterocycles. The predicted molar refractivity (Wildman–Crippen MR) is 84.0 cm³/mol. The molecule has 0 amide bonds. The first-order valence-corrected chi connectivity index (χ1v) is 8.53. The first-order chi connectivity index (χ1) is 9.57. The summed E-state index contributed by atoms with van der Waals surface area (Å²) in [5, 5.41) is 9.53. The molecule has 1 rings (SSSR count). The first-order valence-electron chi connectivity index (χ1n) is 8.53. The number of unbranched alkanes of at least 4 members (excludes halogenated alkanes) is 1. The fourth-order valence-corrected chi connectivity index (χ4v) is 3.50. The molecule has 1 atom stereocenters. The molecule has 0 aliphatic carbocycles. The van der Waals surface area contributed by atoms with Crippen molar-refractivity contribution in [3.8, 4) is 0 Å². The minimum Gasteiger partial charge on any atom is -0.481 e. The highest BCUT2D eigenvalue weighted by Crippen LogP contribution is 2.36. The van der Waals surface area contributed by atoms with Crippen LogP contribution in [0.1, 0.15) is 72.1 Å². The molecule has 0 aromatic rings. The van der Waals surface area contributed by atoms with Gasteiger partial charge in [0.15, 0.2) is 0 Å². The molecule has 0 bridgehead atoms. The van der Waals surface area contributed by atoms with Gasteiger partial charge in [-0.2, -0.15) is 0 Å². The normalized spacial score (nSPS) is 20.8. The van der Waals surface area contributed by atoms with Gasteiger partial charge in [-0.1, -0.05) is 46.5 Å². The number of piperidine rings is 1. The van der Waals surface area contributed by atoms with Crippen LogP contribution in [0.3, 0.4) is 0 Å². The first kappa shape index (κ1) is 17.5. The van der Waals surface area contributed by atoms with E-state index < -0.39 is 11.4 Å². The number of hydrogen-bond acceptors (Lipinski definition) is 2. The van der Waals surface area contributed by atoms with E-state index in [9.17, 15) is 9.90 Å². The minimum absolute atomic E-state index is 0.434. The van der Waals surface area contributed by atoms with E-state index in [1.807, 2.05) is 0 Å². The number of carbonyl (C=O) groups is 1. The lowest BCUT2D eigenvalue weighted by atomic mass is 9.75. The fraction of sp³-hybridized carbons (Fsp3) is 0.941. The SMILES string of the molecule is CCCCC(CC)CN1CCC(CCC)(C(=O)O)CC1. The van der Waals surface area contributed by atoms with E-state index in [0.29, 0.717) is 0 Å². The molecule has 0 aromatic carbocycles. The Kier molecular flexibility index (Phi) is 7.57. The van der Waals surface area contributed by atoms with Gasteiger partial charge in [0, 0.05) is 6.54 Å². The van der Waals surface area contributed by atoms with Crippen molar-refractivity contribution in [3.05, 3.63) is 0 Å². The molecular weight excluding hydrogens is 250 g/mol. The van der Waals surface area contributed by atoms with E-state index in [1.165, 1.54) is 32.2 Å². The summed E-state index contributed by atoms with van der Waals surface area (Å²) in [6.45, 7) is 9.72. The largest absolute Gasteiger partial charge is 0.481 e. The maximum atomic E-state index is 11.6. The molecule has 0 radical (unpaired) electrons. The average Bonchev–Trinajstić information content (AvgIpc) is 2.45. The number of carboxylic acid groups (broad SMARTS) is 1. The Morgan fingerprint density at radius 2 is 1.85 bits per heavy atom. The van der Waals surface area contributed by atoms with Crippen LogP contribution in [0.4, 0.5) is 0 Å². The van der Waals surface area contributed by atoms with Crippen molar-refractivity contribution in [2.24, 2.45) is 11.3 Å². The maximum Gasteiger partial charge on any atom is 0.309 e. The number of likely N-dealkylation sites (tertiary alicyclic amines) is 1. The zero-order chi connectivity index (χ0) is 15.0. The number of rotatable bonds is 9. The second-order valence-corrected chi connectivity index (χ2v) is 6.55. The Bertz CT molecular complexity index is 283. The van der Waals surface area contributed by atoms with Gasteiger partial charge in [0.1, 0.15) is 0 Å². The Balaban J connectivity index is 2.45. The number of carboxylic acids is 1. The third-order valence-electron chi connectivity index (χ3n) is 5.06. The summed E-state index contributed by atoms with van der Waals surface area (Å²) < 4.78 is 0. The second-order valence-electron chi connectivity index (χ2n) is 6.55. The van der Waals surface area contributed by atoms with Crippen molar-refractivity contribution in [1.29, 1.82) is 0 Å². The third-order valence-corrected chi connectivity index (χ3v) is 5.06. The van der Waals surface area contributed by atoms with Gasteiger partial charge in [-0.15, -0.1) is 0 Å². The van der Waals surface area contributed by atoms with Crippen LogP contribution >= 0.6 is 0 Å². The van der Waals surface area contributed by atoms with Gasteiger partial charge in [0.05, 0.1) is 5.41 Å². The van der Waals surface area contributed by atoms with Crippen LogP contribution in [-0.2, 0) is 4.79 Å². The number of hydrogen-bond donors (Lipinski definition) is 1. The van der Waals surface area contributed by atoms with Crippen LogP contribution in [0.5, 0.6) is 0 Å². The van der Waals surface area contributed by atoms with E-state index in [-0.39, 0.29) is 0 Å². The van der Waals surface area contributed by atoms with Gasteiger partial charge < -0.3 is 10.0 Å². The Hall–Kier alpha value is -0.570. The van der Waals surface area contributed by atoms with E-state index in [1.54, 1.807) is 0 Å². The van der Waals surface area contributed by atoms with Crippen molar-refractivity contribution in [3.63, 3.8) is 0 Å². The Labute approximate surface area is 124 Å². The summed E-state index contributed by atoms with van der Waals surface area (Å²) in [5.41, 5.74) is -0.434. The van der Waals surface area contributed by atoms with E-state index in [0.717, 1.165) is 44.7 Å². The standard InChI is InChI=1S/C17H33NO2/c1-4-7-8-15(6-3)14-18-12-10-17(9-5-2,11-13-18)16(19)20/h15H,4-14H2,1-3H3,(H,19,20). The van der Waals surface area contributed by atoms with Gasteiger partial charge in [-0.3, -0.25) is 4.79 Å². The monoisotopic (exact) mass is 283 g/mol. The molecular formula is C17H33NO2. The highest BCUT2D eigenvalue weighted by Gasteiger charge is 2.40. The lowest BCUT2D eigenvalue weighted by Crippen LogP contribution is -2.45. The summed E-state index contributed by atoms with van der Waals surface area (Å²) in [7, 11) is 0. The predicted octanol–water partition coefficient (Wildman–Crippen LogP) is 4.17. The molecule has 0 spiro atoms. The molecule has 3 heteroatoms. The van der Waals surface area contributed by atoms with Crippen molar-refractivity contribution >= 4 is 5.97 Å². The summed E-state index contributed by atoms with van der Waals surface area (Å²) in [6, 6.07) is 0. The van der Waals surface area contributed by atoms with Crippen LogP contribution in [0.15, 0.2) is 0 Å². The highest BCUT2D eigenvalue weighted by molar-refractivity contribution is 5.74. The Morgan fingerprint density at radius 3 is 2.30 bits per heavy atom. The molecule has 1 N–H and O–H groups in total. The second kappa shape index (κ2) is 8.66. The van der Waals surface area contributed by atoms with Crippen molar-refractivity contribution < 1.29 is 9.90 Å². The number of aliphatic carboxylic acids is 1. The van der Waals surface area contributed by atoms with Crippen molar-refractivity contribution in [2.45, 2.75) is 72.1 Å². The van der Waals surface area contributed by atoms with Gasteiger partial charge in [-0.05, 0) is 44.7 Å². The summed E-state index contributed by atoms with van der Waals surface area (Å²) in [5.74, 6) is 0.218. The smallest absolute Gasteiger partial charge is 0.309 e. The lowest BCUT2D eigenvalue weighted by molar-refractivity contribution is -0.152. The van der Waals surface area contributed by atoms with Crippen LogP contribution in [0.25, 0.3) is 0 Å². The van der Waals surface area contributed by atoms with E-state index >= 15 is 0 Å². The van der Waals surface area contributed by atoms with Crippen LogP contribution in [-0.4, -0.2) is 35.6 Å². The summed E-state index contributed by atoms with van der Waals surface area (Å²) >= 11 is 0. The molecule has 1 aliphatic rings. The zero-order valence-electron chi connectivity index (χ0n) is 13.7. The molecule has 1 aliphatic heterocycles. The van der Waals surface area contributed by atoms with Gasteiger partial charge in [-0.25, -0.2) is 0 Å². The highest BCUT2D eigenvalue weighted by atomic mass is 16.4. The minimum atomic E-state index is -0.572. The van der Waals surface area contributed by atoms with Crippen LogP contribution < -0.4 is 0 Å². The molecule has 1 saturated heterocycles. The van der Waals surface area contributed by atoms with Gasteiger partial charge in [0.25, 0.3) is 0 Å². The van der Waals surface area contributed by atoms with E-state index in [4.69, 9.17) is 0 Å². The van der Waals surface area contributed by atoms with Gasteiger partial charge in [0.2, 0.25) is 0 Å². The average molecular weight is 283 g/mol. The zero-order valence-corrected chi connectivity index (χ0v) is 13.7. The van der Waals surface area contributed by atoms with Crippen LogP contribution in [0.2, 0.25) is 0 Å². The molecule has 3 nitrogen and oxygen atoms in total. The van der Waals surface area contributed by atoms with Crippen LogP contribution in [0, 0.1) is 11.3 Å². The topological polar surface area (TPSA) is 40.5 Å². The Morgan fingerprint density at radius 1 is 1.20 bits per heavy atom. The van der Waals surface area contributed by atoms with Crippen molar-refractivity contribution in [2.75, 3.05) is 19.6 Å². The molecule has 1 heterocycles. The number of nitrogens with zero attached hydrogens (tertiary/aromatic N) is 1. The molecule has 1 fully saturated rings. The summed E-state index contributed by atoms with van der Waals surface area (Å²) in [6.07, 6.45) is 8.64. The molecule has 20 heavy (non-hydrogen) atoms. The third kappa shape index (κ3) is 4.76. The fourth-order valence-electron chi connectivity index (χ4n) is 3.50. The molecule has 118 valence electrons. The molecule has 1 unspecified atom stereocenters. The summed E-state index contributed by atoms with van der Waals surface area (Å²) in [4.78, 5) is 14.1.